The highest BCUT2D eigenvalue weighted by Gasteiger charge is 2.28. The summed E-state index contributed by atoms with van der Waals surface area (Å²) in [5.74, 6) is -0.357. The molecule has 1 amide bonds. The number of carbonyl (C=O) groups excluding carboxylic acids is 2. The molecule has 11 heteroatoms. The quantitative estimate of drug-likeness (QED) is 0.301. The number of morpholine rings is 1. The number of carbonyl (C=O) groups is 2. The first-order valence-corrected chi connectivity index (χ1v) is 12.5. The normalized spacial score (nSPS) is 13.8. The number of nitrogen functional groups attached to an aromatic ring is 1. The third-order valence-electron chi connectivity index (χ3n) is 6.24. The Balaban J connectivity index is 1.54. The summed E-state index contributed by atoms with van der Waals surface area (Å²) in [4.78, 5) is 32.9. The van der Waals surface area contributed by atoms with E-state index in [0.29, 0.717) is 58.2 Å². The van der Waals surface area contributed by atoms with Crippen LogP contribution < -0.4 is 20.9 Å². The third-order valence-corrected chi connectivity index (χ3v) is 7.33. The average molecular weight is 508 g/mol. The number of thiophene rings is 1. The van der Waals surface area contributed by atoms with Crippen LogP contribution in [0.2, 0.25) is 0 Å². The maximum Gasteiger partial charge on any atom is 0.306 e. The van der Waals surface area contributed by atoms with Gasteiger partial charge in [-0.25, -0.2) is 4.98 Å². The fourth-order valence-corrected chi connectivity index (χ4v) is 5.46. The zero-order valence-electron chi connectivity index (χ0n) is 20.3. The molecule has 0 saturated carbocycles. The van der Waals surface area contributed by atoms with Gasteiger partial charge in [-0.3, -0.25) is 19.4 Å². The highest BCUT2D eigenvalue weighted by Crippen LogP contribution is 2.42. The smallest absolute Gasteiger partial charge is 0.306 e. The van der Waals surface area contributed by atoms with Crippen LogP contribution >= 0.6 is 11.3 Å². The maximum atomic E-state index is 13.2. The van der Waals surface area contributed by atoms with Crippen LogP contribution in [-0.2, 0) is 11.2 Å². The van der Waals surface area contributed by atoms with E-state index < -0.39 is 5.91 Å². The number of aryl methyl sites for hydroxylation is 2. The van der Waals surface area contributed by atoms with Gasteiger partial charge in [0.1, 0.15) is 9.71 Å². The molecule has 1 saturated heterocycles. The molecule has 0 atom stereocenters. The van der Waals surface area contributed by atoms with Crippen molar-refractivity contribution in [1.82, 2.24) is 10.3 Å². The fraction of sp³-hybridized carbons (Fsp3) is 0.320. The highest BCUT2D eigenvalue weighted by atomic mass is 32.1. The fourth-order valence-electron chi connectivity index (χ4n) is 4.41. The van der Waals surface area contributed by atoms with Crippen molar-refractivity contribution >= 4 is 44.8 Å². The van der Waals surface area contributed by atoms with Crippen LogP contribution in [0.3, 0.4) is 0 Å². The molecule has 5 rings (SSSR count). The van der Waals surface area contributed by atoms with Gasteiger partial charge in [0.15, 0.2) is 5.78 Å². The van der Waals surface area contributed by atoms with E-state index in [2.05, 4.69) is 22.5 Å². The number of hydrogen-bond acceptors (Lipinski definition) is 9. The molecule has 1 aliphatic rings. The SMILES string of the molecule is CCc1ccc(-c2c(C(C)=O)c(C)nc3sc(C(=O)Nc4c[n+](N5CCOCC5)no4)c(N)c23)cc1. The highest BCUT2D eigenvalue weighted by molar-refractivity contribution is 7.21. The standard InChI is InChI=1S/C25H26N6O4S/c1-4-16-5-7-17(8-6-16)20-19(15(3)32)14(2)27-25-21(20)22(26)23(36-25)24(33)28-18-13-31(29-35-18)30-9-11-34-12-10-30/h5-8,13H,4,9-12H2,1-3H3,(H2-,26,28,29,33)/p+1. The van der Waals surface area contributed by atoms with Crippen molar-refractivity contribution < 1.29 is 23.6 Å². The van der Waals surface area contributed by atoms with Gasteiger partial charge < -0.3 is 10.5 Å². The number of rotatable bonds is 6. The van der Waals surface area contributed by atoms with Crippen molar-refractivity contribution in [3.63, 3.8) is 0 Å². The number of Topliss-reactive ketones (excluding diaryl/α,β-unsaturated/α-hetero) is 1. The van der Waals surface area contributed by atoms with Crippen molar-refractivity contribution in [3.05, 3.63) is 52.2 Å². The maximum absolute atomic E-state index is 13.2. The van der Waals surface area contributed by atoms with E-state index in [9.17, 15) is 9.59 Å². The van der Waals surface area contributed by atoms with Crippen LogP contribution in [0.15, 0.2) is 35.0 Å². The molecule has 0 bridgehead atoms. The van der Waals surface area contributed by atoms with Crippen LogP contribution in [0.4, 0.5) is 11.6 Å². The Labute approximate surface area is 211 Å². The number of hydrogen-bond donors (Lipinski definition) is 2. The molecule has 3 N–H and O–H groups in total. The largest absolute Gasteiger partial charge is 0.397 e. The zero-order valence-corrected chi connectivity index (χ0v) is 21.1. The van der Waals surface area contributed by atoms with Crippen LogP contribution in [0.25, 0.3) is 21.3 Å². The van der Waals surface area contributed by atoms with Gasteiger partial charge >= 0.3 is 5.88 Å². The Morgan fingerprint density at radius 1 is 1.22 bits per heavy atom. The number of nitrogens with zero attached hydrogens (tertiary/aromatic N) is 4. The third kappa shape index (κ3) is 4.31. The molecular formula is C25H27N6O4S+. The Hall–Kier alpha value is -3.83. The molecule has 0 aliphatic carbocycles. The molecule has 1 fully saturated rings. The number of ketones is 1. The van der Waals surface area contributed by atoms with Gasteiger partial charge in [-0.2, -0.15) is 0 Å². The molecule has 1 aromatic carbocycles. The number of amides is 1. The average Bonchev–Trinajstić information content (AvgIpc) is 3.48. The first kappa shape index (κ1) is 23.9. The number of anilines is 2. The Morgan fingerprint density at radius 3 is 2.61 bits per heavy atom. The molecule has 10 nitrogen and oxygen atoms in total. The number of nitrogens with two attached hydrogens (primary N) is 1. The Kier molecular flexibility index (Phi) is 6.42. The van der Waals surface area contributed by atoms with Crippen molar-refractivity contribution in [2.75, 3.05) is 42.4 Å². The van der Waals surface area contributed by atoms with Gasteiger partial charge in [-0.1, -0.05) is 31.2 Å². The number of pyridine rings is 1. The number of fused-ring (bicyclic) bond motifs is 1. The summed E-state index contributed by atoms with van der Waals surface area (Å²) in [6.07, 6.45) is 2.51. The minimum atomic E-state index is -0.435. The summed E-state index contributed by atoms with van der Waals surface area (Å²) in [5.41, 5.74) is 10.7. The number of ether oxygens (including phenoxy) is 1. The summed E-state index contributed by atoms with van der Waals surface area (Å²) in [6.45, 7) is 7.93. The Morgan fingerprint density at radius 2 is 1.94 bits per heavy atom. The van der Waals surface area contributed by atoms with Crippen molar-refractivity contribution in [2.24, 2.45) is 0 Å². The lowest BCUT2D eigenvalue weighted by Gasteiger charge is -2.18. The lowest BCUT2D eigenvalue weighted by molar-refractivity contribution is -0.759. The minimum absolute atomic E-state index is 0.109. The summed E-state index contributed by atoms with van der Waals surface area (Å²) in [7, 11) is 0. The van der Waals surface area contributed by atoms with Gasteiger partial charge in [0.05, 0.1) is 42.5 Å². The molecule has 4 heterocycles. The van der Waals surface area contributed by atoms with E-state index in [-0.39, 0.29) is 17.4 Å². The molecule has 4 aromatic rings. The lowest BCUT2D eigenvalue weighted by Crippen LogP contribution is -2.62. The molecule has 0 unspecified atom stereocenters. The van der Waals surface area contributed by atoms with E-state index in [1.54, 1.807) is 17.9 Å². The zero-order chi connectivity index (χ0) is 25.4. The number of benzene rings is 1. The van der Waals surface area contributed by atoms with Gasteiger partial charge in [0.25, 0.3) is 12.1 Å². The topological polar surface area (TPSA) is 127 Å². The predicted molar refractivity (Wildman–Crippen MR) is 137 cm³/mol. The second-order valence-electron chi connectivity index (χ2n) is 8.59. The summed E-state index contributed by atoms with van der Waals surface area (Å²) in [6, 6.07) is 8.03. The van der Waals surface area contributed by atoms with Gasteiger partial charge in [0, 0.05) is 16.5 Å². The summed E-state index contributed by atoms with van der Waals surface area (Å²) in [5, 5.41) is 9.27. The molecule has 186 valence electrons. The van der Waals surface area contributed by atoms with Crippen molar-refractivity contribution in [2.45, 2.75) is 27.2 Å². The minimum Gasteiger partial charge on any atom is -0.397 e. The van der Waals surface area contributed by atoms with E-state index in [1.807, 2.05) is 29.3 Å². The summed E-state index contributed by atoms with van der Waals surface area (Å²) >= 11 is 1.18. The van der Waals surface area contributed by atoms with E-state index in [1.165, 1.54) is 23.8 Å². The molecular weight excluding hydrogens is 480 g/mol. The molecule has 3 aromatic heterocycles. The van der Waals surface area contributed by atoms with Gasteiger partial charge in [-0.05, 0) is 31.4 Å². The first-order chi connectivity index (χ1) is 17.4. The Bertz CT molecular complexity index is 1450. The lowest BCUT2D eigenvalue weighted by atomic mass is 9.92. The monoisotopic (exact) mass is 507 g/mol. The van der Waals surface area contributed by atoms with E-state index in [4.69, 9.17) is 15.0 Å². The first-order valence-electron chi connectivity index (χ1n) is 11.7. The predicted octanol–water partition coefficient (Wildman–Crippen LogP) is 3.11. The van der Waals surface area contributed by atoms with E-state index >= 15 is 0 Å². The summed E-state index contributed by atoms with van der Waals surface area (Å²) < 4.78 is 10.7. The molecule has 0 radical (unpaired) electrons. The van der Waals surface area contributed by atoms with Crippen LogP contribution in [0, 0.1) is 6.92 Å². The van der Waals surface area contributed by atoms with Crippen LogP contribution in [0.1, 0.15) is 45.1 Å². The second-order valence-corrected chi connectivity index (χ2v) is 9.58. The van der Waals surface area contributed by atoms with Crippen LogP contribution in [-0.4, -0.2) is 48.2 Å². The number of nitrogens with one attached hydrogen (secondary N) is 1. The molecule has 1 aliphatic heterocycles. The van der Waals surface area contributed by atoms with Crippen LogP contribution in [0.5, 0.6) is 0 Å². The van der Waals surface area contributed by atoms with E-state index in [0.717, 1.165) is 12.0 Å². The second kappa shape index (κ2) is 9.67. The number of aromatic nitrogens is 3. The van der Waals surface area contributed by atoms with Crippen molar-refractivity contribution in [3.8, 4) is 11.1 Å². The van der Waals surface area contributed by atoms with Gasteiger partial charge in [-0.15, -0.1) is 16.3 Å². The van der Waals surface area contributed by atoms with Gasteiger partial charge in [0.2, 0.25) is 5.27 Å². The molecule has 36 heavy (non-hydrogen) atoms. The molecule has 0 spiro atoms. The van der Waals surface area contributed by atoms with Crippen molar-refractivity contribution in [1.29, 1.82) is 0 Å².